The molecule has 3 rings (SSSR count). The van der Waals surface area contributed by atoms with Gasteiger partial charge >= 0.3 is 0 Å². The van der Waals surface area contributed by atoms with Crippen LogP contribution in [0.1, 0.15) is 16.2 Å². The second-order valence-corrected chi connectivity index (χ2v) is 4.04. The van der Waals surface area contributed by atoms with Crippen LogP contribution in [0.3, 0.4) is 0 Å². The van der Waals surface area contributed by atoms with E-state index in [2.05, 4.69) is 15.4 Å². The zero-order valence-corrected chi connectivity index (χ0v) is 10.3. The zero-order chi connectivity index (χ0) is 13.2. The maximum absolute atomic E-state index is 12.4. The molecule has 2 heterocycles. The smallest absolute Gasteiger partial charge is 0.231 e. The van der Waals surface area contributed by atoms with E-state index < -0.39 is 0 Å². The summed E-state index contributed by atoms with van der Waals surface area (Å²) in [7, 11) is 1.73. The largest absolute Gasteiger partial charge is 0.285 e. The third-order valence-electron chi connectivity index (χ3n) is 2.84. The van der Waals surface area contributed by atoms with Crippen LogP contribution in [0.2, 0.25) is 0 Å². The Morgan fingerprint density at radius 2 is 1.89 bits per heavy atom. The maximum atomic E-state index is 12.4. The number of nitrogens with zero attached hydrogens (tertiary/aromatic N) is 5. The summed E-state index contributed by atoms with van der Waals surface area (Å²) in [5.41, 5.74) is 1.71. The number of carbonyl (C=O) groups is 1. The molecule has 0 aliphatic heterocycles. The Morgan fingerprint density at radius 3 is 2.58 bits per heavy atom. The van der Waals surface area contributed by atoms with Crippen molar-refractivity contribution < 1.29 is 4.79 Å². The minimum Gasteiger partial charge on any atom is -0.285 e. The molecule has 19 heavy (non-hydrogen) atoms. The molecular formula is C13H11N5O. The van der Waals surface area contributed by atoms with Crippen molar-refractivity contribution in [1.29, 1.82) is 0 Å². The van der Waals surface area contributed by atoms with Gasteiger partial charge in [0.25, 0.3) is 0 Å². The van der Waals surface area contributed by atoms with Gasteiger partial charge in [0.1, 0.15) is 11.4 Å². The number of aromatic nitrogens is 5. The summed E-state index contributed by atoms with van der Waals surface area (Å²) in [6.45, 7) is 0. The van der Waals surface area contributed by atoms with E-state index in [9.17, 15) is 4.79 Å². The van der Waals surface area contributed by atoms with Crippen LogP contribution in [0.25, 0.3) is 5.69 Å². The Hall–Kier alpha value is -2.76. The van der Waals surface area contributed by atoms with Crippen LogP contribution in [0.5, 0.6) is 0 Å². The van der Waals surface area contributed by atoms with Gasteiger partial charge in [-0.3, -0.25) is 9.48 Å². The number of para-hydroxylation sites is 1. The lowest BCUT2D eigenvalue weighted by atomic mass is 10.2. The third-order valence-corrected chi connectivity index (χ3v) is 2.84. The molecule has 0 spiro atoms. The third kappa shape index (κ3) is 1.93. The topological polar surface area (TPSA) is 65.6 Å². The van der Waals surface area contributed by atoms with Gasteiger partial charge in [-0.05, 0) is 18.2 Å². The van der Waals surface area contributed by atoms with Crippen molar-refractivity contribution in [3.05, 3.63) is 60.2 Å². The van der Waals surface area contributed by atoms with Crippen molar-refractivity contribution in [2.45, 2.75) is 0 Å². The quantitative estimate of drug-likeness (QED) is 0.658. The van der Waals surface area contributed by atoms with Crippen LogP contribution in [0.15, 0.2) is 48.8 Å². The van der Waals surface area contributed by atoms with Crippen LogP contribution >= 0.6 is 0 Å². The minimum atomic E-state index is -0.158. The highest BCUT2D eigenvalue weighted by atomic mass is 16.1. The number of hydrogen-bond donors (Lipinski definition) is 0. The number of rotatable bonds is 3. The molecule has 0 radical (unpaired) electrons. The highest BCUT2D eigenvalue weighted by molar-refractivity contribution is 6.06. The van der Waals surface area contributed by atoms with Crippen LogP contribution in [-0.2, 0) is 7.05 Å². The molecule has 94 valence electrons. The van der Waals surface area contributed by atoms with Crippen LogP contribution < -0.4 is 0 Å². The van der Waals surface area contributed by atoms with Crippen molar-refractivity contribution in [3.8, 4) is 5.69 Å². The molecule has 2 aromatic heterocycles. The predicted octanol–water partition coefficient (Wildman–Crippen LogP) is 1.23. The molecule has 0 unspecified atom stereocenters. The molecule has 0 fully saturated rings. The lowest BCUT2D eigenvalue weighted by Crippen LogP contribution is -2.13. The highest BCUT2D eigenvalue weighted by Gasteiger charge is 2.18. The molecule has 0 aliphatic rings. The van der Waals surface area contributed by atoms with E-state index in [1.165, 1.54) is 15.6 Å². The molecule has 0 atom stereocenters. The van der Waals surface area contributed by atoms with E-state index in [0.29, 0.717) is 11.4 Å². The van der Waals surface area contributed by atoms with Gasteiger partial charge < -0.3 is 0 Å². The van der Waals surface area contributed by atoms with E-state index in [1.54, 1.807) is 19.3 Å². The molecule has 3 aromatic rings. The molecular weight excluding hydrogens is 242 g/mol. The summed E-state index contributed by atoms with van der Waals surface area (Å²) in [6, 6.07) is 11.1. The number of aryl methyl sites for hydroxylation is 1. The summed E-state index contributed by atoms with van der Waals surface area (Å²) in [5.74, 6) is -0.158. The summed E-state index contributed by atoms with van der Waals surface area (Å²) in [4.78, 5) is 12.4. The molecule has 1 aromatic carbocycles. The second kappa shape index (κ2) is 4.49. The van der Waals surface area contributed by atoms with Gasteiger partial charge in [0.05, 0.1) is 11.9 Å². The van der Waals surface area contributed by atoms with Crippen LogP contribution in [-0.4, -0.2) is 30.6 Å². The molecule has 0 aliphatic carbocycles. The second-order valence-electron chi connectivity index (χ2n) is 4.04. The summed E-state index contributed by atoms with van der Waals surface area (Å²) in [6.07, 6.45) is 3.05. The Labute approximate surface area is 109 Å². The fourth-order valence-electron chi connectivity index (χ4n) is 1.88. The lowest BCUT2D eigenvalue weighted by Gasteiger charge is -2.05. The first-order chi connectivity index (χ1) is 9.27. The Kier molecular flexibility index (Phi) is 2.68. The molecule has 0 amide bonds. The van der Waals surface area contributed by atoms with Crippen molar-refractivity contribution in [2.75, 3.05) is 0 Å². The van der Waals surface area contributed by atoms with E-state index in [1.807, 2.05) is 30.3 Å². The Balaban J connectivity index is 2.06. The van der Waals surface area contributed by atoms with Gasteiger partial charge in [-0.15, -0.1) is 5.10 Å². The molecule has 6 nitrogen and oxygen atoms in total. The molecule has 0 saturated carbocycles. The number of carbonyl (C=O) groups excluding carboxylic acids is 1. The van der Waals surface area contributed by atoms with E-state index in [4.69, 9.17) is 0 Å². The van der Waals surface area contributed by atoms with Crippen molar-refractivity contribution in [2.24, 2.45) is 7.05 Å². The van der Waals surface area contributed by atoms with Crippen LogP contribution in [0, 0.1) is 0 Å². The monoisotopic (exact) mass is 253 g/mol. The number of hydrogen-bond acceptors (Lipinski definition) is 4. The standard InChI is InChI=1S/C13H11N5O/c1-17-11(7-8-15-17)13(19)12-9-14-16-18(12)10-5-3-2-4-6-10/h2-9H,1H3. The van der Waals surface area contributed by atoms with Gasteiger partial charge in [0.2, 0.25) is 5.78 Å². The summed E-state index contributed by atoms with van der Waals surface area (Å²) in [5, 5.41) is 11.8. The van der Waals surface area contributed by atoms with Gasteiger partial charge in [0, 0.05) is 13.2 Å². The van der Waals surface area contributed by atoms with Crippen molar-refractivity contribution in [1.82, 2.24) is 24.8 Å². The minimum absolute atomic E-state index is 0.158. The molecule has 6 heteroatoms. The number of ketones is 1. The number of benzene rings is 1. The predicted molar refractivity (Wildman–Crippen MR) is 68.0 cm³/mol. The fourth-order valence-corrected chi connectivity index (χ4v) is 1.88. The first kappa shape index (κ1) is 11.3. The maximum Gasteiger partial charge on any atom is 0.231 e. The van der Waals surface area contributed by atoms with E-state index in [-0.39, 0.29) is 5.78 Å². The van der Waals surface area contributed by atoms with Gasteiger partial charge in [0.15, 0.2) is 0 Å². The van der Waals surface area contributed by atoms with E-state index in [0.717, 1.165) is 5.69 Å². The Bertz CT molecular complexity index is 713. The summed E-state index contributed by atoms with van der Waals surface area (Å²) >= 11 is 0. The van der Waals surface area contributed by atoms with Gasteiger partial charge in [-0.25, -0.2) is 4.68 Å². The van der Waals surface area contributed by atoms with Crippen LogP contribution in [0.4, 0.5) is 0 Å². The SMILES string of the molecule is Cn1nccc1C(=O)c1cnnn1-c1ccccc1. The fraction of sp³-hybridized carbons (Fsp3) is 0.0769. The first-order valence-electron chi connectivity index (χ1n) is 5.76. The van der Waals surface area contributed by atoms with Crippen molar-refractivity contribution >= 4 is 5.78 Å². The van der Waals surface area contributed by atoms with Crippen molar-refractivity contribution in [3.63, 3.8) is 0 Å². The Morgan fingerprint density at radius 1 is 1.11 bits per heavy atom. The highest BCUT2D eigenvalue weighted by Crippen LogP contribution is 2.12. The zero-order valence-electron chi connectivity index (χ0n) is 10.3. The normalized spacial score (nSPS) is 10.6. The molecule has 0 N–H and O–H groups in total. The molecule has 0 bridgehead atoms. The van der Waals surface area contributed by atoms with E-state index >= 15 is 0 Å². The average molecular weight is 253 g/mol. The first-order valence-corrected chi connectivity index (χ1v) is 5.76. The lowest BCUT2D eigenvalue weighted by molar-refractivity contribution is 0.102. The van der Waals surface area contributed by atoms with Gasteiger partial charge in [-0.1, -0.05) is 23.4 Å². The average Bonchev–Trinajstić information content (AvgIpc) is 3.07. The van der Waals surface area contributed by atoms with Gasteiger partial charge in [-0.2, -0.15) is 5.10 Å². The summed E-state index contributed by atoms with van der Waals surface area (Å²) < 4.78 is 3.06. The molecule has 0 saturated heterocycles.